The number of nitrogens with zero attached hydrogens (tertiary/aromatic N) is 1. The topological polar surface area (TPSA) is 20.3 Å². The molecule has 1 saturated carbocycles. The number of hydrogen-bond acceptors (Lipinski definition) is 1. The van der Waals surface area contributed by atoms with Crippen molar-refractivity contribution in [2.24, 2.45) is 17.3 Å². The summed E-state index contributed by atoms with van der Waals surface area (Å²) in [7, 11) is 0. The first kappa shape index (κ1) is 14.5. The van der Waals surface area contributed by atoms with Crippen molar-refractivity contribution in [1.82, 2.24) is 4.90 Å². The van der Waals surface area contributed by atoms with E-state index >= 15 is 0 Å². The second kappa shape index (κ2) is 5.41. The fourth-order valence-corrected chi connectivity index (χ4v) is 2.28. The summed E-state index contributed by atoms with van der Waals surface area (Å²) in [6.45, 7) is 13.7. The molecule has 1 amide bonds. The van der Waals surface area contributed by atoms with Crippen LogP contribution in [0.2, 0.25) is 0 Å². The van der Waals surface area contributed by atoms with E-state index in [-0.39, 0.29) is 5.41 Å². The first-order chi connectivity index (χ1) is 7.71. The van der Waals surface area contributed by atoms with Gasteiger partial charge in [0.1, 0.15) is 0 Å². The molecule has 1 aliphatic carbocycles. The van der Waals surface area contributed by atoms with E-state index in [1.54, 1.807) is 0 Å². The Kier molecular flexibility index (Phi) is 4.62. The molecule has 0 aromatic heterocycles. The van der Waals surface area contributed by atoms with Crippen LogP contribution in [0.25, 0.3) is 0 Å². The van der Waals surface area contributed by atoms with E-state index in [9.17, 15) is 4.79 Å². The standard InChI is InChI=1S/C15H29NO/c1-11(2)9-12(3)16(10-13-7-8-13)14(17)15(4,5)6/h11-13H,7-10H2,1-6H3/t12-/m0/s1. The Morgan fingerprint density at radius 2 is 1.76 bits per heavy atom. The van der Waals surface area contributed by atoms with Crippen LogP contribution in [0.5, 0.6) is 0 Å². The third kappa shape index (κ3) is 4.69. The minimum Gasteiger partial charge on any atom is -0.339 e. The van der Waals surface area contributed by atoms with Crippen LogP contribution in [0.1, 0.15) is 60.8 Å². The summed E-state index contributed by atoms with van der Waals surface area (Å²) < 4.78 is 0. The van der Waals surface area contributed by atoms with Gasteiger partial charge in [-0.2, -0.15) is 0 Å². The van der Waals surface area contributed by atoms with Gasteiger partial charge >= 0.3 is 0 Å². The number of rotatable bonds is 5. The SMILES string of the molecule is CC(C)C[C@H](C)N(CC1CC1)C(=O)C(C)(C)C. The molecule has 0 heterocycles. The van der Waals surface area contributed by atoms with Crippen LogP contribution in [0.4, 0.5) is 0 Å². The summed E-state index contributed by atoms with van der Waals surface area (Å²) in [6, 6.07) is 0.377. The molecule has 0 radical (unpaired) electrons. The lowest BCUT2D eigenvalue weighted by Gasteiger charge is -2.35. The molecule has 0 aromatic carbocycles. The van der Waals surface area contributed by atoms with Gasteiger partial charge in [0.25, 0.3) is 0 Å². The smallest absolute Gasteiger partial charge is 0.228 e. The zero-order valence-electron chi connectivity index (χ0n) is 12.4. The first-order valence-corrected chi connectivity index (χ1v) is 7.03. The lowest BCUT2D eigenvalue weighted by Crippen LogP contribution is -2.46. The molecule has 1 rings (SSSR count). The van der Waals surface area contributed by atoms with Crippen LogP contribution >= 0.6 is 0 Å². The Morgan fingerprint density at radius 3 is 2.12 bits per heavy atom. The molecule has 0 spiro atoms. The number of amides is 1. The van der Waals surface area contributed by atoms with Crippen molar-refractivity contribution in [3.8, 4) is 0 Å². The van der Waals surface area contributed by atoms with Crippen molar-refractivity contribution >= 4 is 5.91 Å². The van der Waals surface area contributed by atoms with Gasteiger partial charge in [0, 0.05) is 18.0 Å². The zero-order valence-corrected chi connectivity index (χ0v) is 12.4. The molecule has 0 bridgehead atoms. The summed E-state index contributed by atoms with van der Waals surface area (Å²) in [4.78, 5) is 14.6. The molecule has 0 aliphatic heterocycles. The third-order valence-electron chi connectivity index (χ3n) is 3.40. The van der Waals surface area contributed by atoms with Crippen molar-refractivity contribution in [2.75, 3.05) is 6.54 Å². The van der Waals surface area contributed by atoms with Crippen LogP contribution in [-0.2, 0) is 4.79 Å². The average molecular weight is 239 g/mol. The van der Waals surface area contributed by atoms with Gasteiger partial charge in [0.05, 0.1) is 0 Å². The van der Waals surface area contributed by atoms with Gasteiger partial charge in [-0.3, -0.25) is 4.79 Å². The van der Waals surface area contributed by atoms with Gasteiger partial charge < -0.3 is 4.90 Å². The average Bonchev–Trinajstić information content (AvgIpc) is 2.93. The lowest BCUT2D eigenvalue weighted by atomic mass is 9.92. The maximum absolute atomic E-state index is 12.5. The molecule has 1 atom stereocenters. The minimum absolute atomic E-state index is 0.250. The molecular weight excluding hydrogens is 210 g/mol. The normalized spacial score (nSPS) is 18.3. The van der Waals surface area contributed by atoms with Crippen LogP contribution in [-0.4, -0.2) is 23.4 Å². The summed E-state index contributed by atoms with van der Waals surface area (Å²) in [5.74, 6) is 1.74. The molecule has 0 unspecified atom stereocenters. The van der Waals surface area contributed by atoms with Crippen LogP contribution in [0.15, 0.2) is 0 Å². The van der Waals surface area contributed by atoms with Crippen LogP contribution in [0, 0.1) is 17.3 Å². The molecule has 1 aliphatic rings. The van der Waals surface area contributed by atoms with Crippen LogP contribution < -0.4 is 0 Å². The van der Waals surface area contributed by atoms with E-state index < -0.39 is 0 Å². The Bertz CT molecular complexity index is 261. The highest BCUT2D eigenvalue weighted by molar-refractivity contribution is 5.81. The number of carbonyl (C=O) groups excluding carboxylic acids is 1. The molecule has 1 fully saturated rings. The maximum atomic E-state index is 12.5. The Balaban J connectivity index is 2.67. The van der Waals surface area contributed by atoms with Crippen molar-refractivity contribution in [2.45, 2.75) is 66.8 Å². The van der Waals surface area contributed by atoms with Crippen molar-refractivity contribution in [1.29, 1.82) is 0 Å². The number of hydrogen-bond donors (Lipinski definition) is 0. The van der Waals surface area contributed by atoms with E-state index in [0.29, 0.717) is 17.9 Å². The van der Waals surface area contributed by atoms with Gasteiger partial charge in [-0.15, -0.1) is 0 Å². The fraction of sp³-hybridized carbons (Fsp3) is 0.933. The lowest BCUT2D eigenvalue weighted by molar-refractivity contribution is -0.142. The summed E-state index contributed by atoms with van der Waals surface area (Å²) in [6.07, 6.45) is 3.72. The van der Waals surface area contributed by atoms with Crippen molar-refractivity contribution in [3.63, 3.8) is 0 Å². The predicted molar refractivity (Wildman–Crippen MR) is 72.8 cm³/mol. The zero-order chi connectivity index (χ0) is 13.2. The van der Waals surface area contributed by atoms with Gasteiger partial charge in [-0.05, 0) is 38.0 Å². The second-order valence-corrected chi connectivity index (χ2v) is 7.13. The van der Waals surface area contributed by atoms with E-state index in [2.05, 4.69) is 25.7 Å². The molecule has 2 heteroatoms. The van der Waals surface area contributed by atoms with Gasteiger partial charge in [-0.1, -0.05) is 34.6 Å². The minimum atomic E-state index is -0.250. The highest BCUT2D eigenvalue weighted by atomic mass is 16.2. The van der Waals surface area contributed by atoms with E-state index in [1.165, 1.54) is 12.8 Å². The second-order valence-electron chi connectivity index (χ2n) is 7.13. The largest absolute Gasteiger partial charge is 0.339 e. The van der Waals surface area contributed by atoms with Gasteiger partial charge in [-0.25, -0.2) is 0 Å². The number of carbonyl (C=O) groups is 1. The van der Waals surface area contributed by atoms with E-state index in [4.69, 9.17) is 0 Å². The molecule has 100 valence electrons. The fourth-order valence-electron chi connectivity index (χ4n) is 2.28. The van der Waals surface area contributed by atoms with E-state index in [1.807, 2.05) is 20.8 Å². The Hall–Kier alpha value is -0.530. The molecule has 0 saturated heterocycles. The van der Waals surface area contributed by atoms with Crippen molar-refractivity contribution < 1.29 is 4.79 Å². The highest BCUT2D eigenvalue weighted by Crippen LogP contribution is 2.32. The molecule has 0 aromatic rings. The van der Waals surface area contributed by atoms with Gasteiger partial charge in [0.2, 0.25) is 5.91 Å². The first-order valence-electron chi connectivity index (χ1n) is 7.03. The molecule has 2 nitrogen and oxygen atoms in total. The summed E-state index contributed by atoms with van der Waals surface area (Å²) in [5, 5.41) is 0. The van der Waals surface area contributed by atoms with Gasteiger partial charge in [0.15, 0.2) is 0 Å². The quantitative estimate of drug-likeness (QED) is 0.716. The molecule has 17 heavy (non-hydrogen) atoms. The molecule has 0 N–H and O–H groups in total. The summed E-state index contributed by atoms with van der Waals surface area (Å²) >= 11 is 0. The predicted octanol–water partition coefficient (Wildman–Crippen LogP) is 3.71. The highest BCUT2D eigenvalue weighted by Gasteiger charge is 2.34. The van der Waals surface area contributed by atoms with Crippen LogP contribution in [0.3, 0.4) is 0 Å². The third-order valence-corrected chi connectivity index (χ3v) is 3.40. The Labute approximate surface area is 107 Å². The monoisotopic (exact) mass is 239 g/mol. The van der Waals surface area contributed by atoms with Crippen molar-refractivity contribution in [3.05, 3.63) is 0 Å². The Morgan fingerprint density at radius 1 is 1.24 bits per heavy atom. The summed E-state index contributed by atoms with van der Waals surface area (Å²) in [5.41, 5.74) is -0.250. The maximum Gasteiger partial charge on any atom is 0.228 e. The van der Waals surface area contributed by atoms with E-state index in [0.717, 1.165) is 18.9 Å². The molecular formula is C15H29NO.